The second-order valence-electron chi connectivity index (χ2n) is 5.01. The number of piperidine rings is 1. The molecule has 110 valence electrons. The van der Waals surface area contributed by atoms with Crippen molar-refractivity contribution in [1.82, 2.24) is 14.9 Å². The van der Waals surface area contributed by atoms with Gasteiger partial charge in [0.15, 0.2) is 6.39 Å². The summed E-state index contributed by atoms with van der Waals surface area (Å²) in [6, 6.07) is 5.74. The fourth-order valence-electron chi connectivity index (χ4n) is 2.42. The first-order valence-electron chi connectivity index (χ1n) is 7.02. The van der Waals surface area contributed by atoms with Gasteiger partial charge in [0.2, 0.25) is 5.76 Å². The first-order valence-corrected chi connectivity index (χ1v) is 7.02. The van der Waals surface area contributed by atoms with E-state index in [-0.39, 0.29) is 17.8 Å². The maximum Gasteiger partial charge on any atom is 0.291 e. The molecule has 3 rings (SSSR count). The van der Waals surface area contributed by atoms with E-state index in [1.807, 2.05) is 18.2 Å². The number of amides is 1. The van der Waals surface area contributed by atoms with E-state index in [0.29, 0.717) is 13.2 Å². The fraction of sp³-hybridized carbons (Fsp3) is 0.400. The third-order valence-electron chi connectivity index (χ3n) is 3.50. The Morgan fingerprint density at radius 2 is 2.43 bits per heavy atom. The lowest BCUT2D eigenvalue weighted by atomic mass is 10.1. The van der Waals surface area contributed by atoms with E-state index < -0.39 is 0 Å². The summed E-state index contributed by atoms with van der Waals surface area (Å²) in [6.45, 7) is 1.77. The van der Waals surface area contributed by atoms with Crippen molar-refractivity contribution >= 4 is 5.91 Å². The van der Waals surface area contributed by atoms with Crippen molar-refractivity contribution in [3.05, 3.63) is 48.4 Å². The molecular weight excluding hydrogens is 270 g/mol. The van der Waals surface area contributed by atoms with Crippen LogP contribution in [0.3, 0.4) is 0 Å². The maximum absolute atomic E-state index is 12.2. The Labute approximate surface area is 122 Å². The number of hydrogen-bond acceptors (Lipinski definition) is 5. The van der Waals surface area contributed by atoms with Crippen LogP contribution >= 0.6 is 0 Å². The van der Waals surface area contributed by atoms with Crippen LogP contribution in [0.1, 0.15) is 29.1 Å². The number of aromatic nitrogens is 2. The van der Waals surface area contributed by atoms with Gasteiger partial charge >= 0.3 is 0 Å². The third-order valence-corrected chi connectivity index (χ3v) is 3.50. The number of nitrogens with zero attached hydrogens (tertiary/aromatic N) is 3. The quantitative estimate of drug-likeness (QED) is 0.859. The topological polar surface area (TPSA) is 68.5 Å². The molecule has 1 fully saturated rings. The van der Waals surface area contributed by atoms with Crippen LogP contribution in [-0.4, -0.2) is 40.0 Å². The van der Waals surface area contributed by atoms with Crippen molar-refractivity contribution in [2.75, 3.05) is 13.1 Å². The first-order chi connectivity index (χ1) is 10.3. The summed E-state index contributed by atoms with van der Waals surface area (Å²) >= 11 is 0. The number of hydrogen-bond donors (Lipinski definition) is 0. The summed E-state index contributed by atoms with van der Waals surface area (Å²) in [6.07, 6.45) is 6.37. The van der Waals surface area contributed by atoms with Gasteiger partial charge in [0, 0.05) is 19.3 Å². The zero-order chi connectivity index (χ0) is 14.5. The second kappa shape index (κ2) is 6.49. The van der Waals surface area contributed by atoms with Gasteiger partial charge in [-0.2, -0.15) is 0 Å². The van der Waals surface area contributed by atoms with Crippen LogP contribution in [0.2, 0.25) is 0 Å². The van der Waals surface area contributed by atoms with Gasteiger partial charge in [-0.1, -0.05) is 6.07 Å². The molecule has 0 aromatic carbocycles. The fourth-order valence-corrected chi connectivity index (χ4v) is 2.42. The van der Waals surface area contributed by atoms with Crippen molar-refractivity contribution in [3.8, 4) is 0 Å². The largest absolute Gasteiger partial charge is 0.438 e. The molecule has 1 atom stereocenters. The highest BCUT2D eigenvalue weighted by molar-refractivity contribution is 5.91. The predicted octanol–water partition coefficient (Wildman–Crippen LogP) is 1.89. The number of oxazole rings is 1. The number of rotatable bonds is 4. The van der Waals surface area contributed by atoms with Gasteiger partial charge in [0.1, 0.15) is 0 Å². The first kappa shape index (κ1) is 13.8. The number of carbonyl (C=O) groups excluding carboxylic acids is 1. The highest BCUT2D eigenvalue weighted by Gasteiger charge is 2.26. The molecule has 0 unspecified atom stereocenters. The van der Waals surface area contributed by atoms with Gasteiger partial charge in [-0.15, -0.1) is 0 Å². The number of carbonyl (C=O) groups is 1. The Hall–Kier alpha value is -2.21. The Kier molecular flexibility index (Phi) is 4.25. The van der Waals surface area contributed by atoms with Gasteiger partial charge < -0.3 is 14.1 Å². The minimum atomic E-state index is -0.126. The molecule has 0 saturated carbocycles. The lowest BCUT2D eigenvalue weighted by molar-refractivity contribution is -0.00864. The molecule has 3 heterocycles. The molecule has 1 aliphatic rings. The van der Waals surface area contributed by atoms with Crippen molar-refractivity contribution in [2.24, 2.45) is 0 Å². The molecular formula is C15H17N3O3. The zero-order valence-electron chi connectivity index (χ0n) is 11.6. The van der Waals surface area contributed by atoms with E-state index in [0.717, 1.165) is 25.1 Å². The Bertz CT molecular complexity index is 571. The molecule has 6 heteroatoms. The van der Waals surface area contributed by atoms with Crippen molar-refractivity contribution < 1.29 is 13.9 Å². The van der Waals surface area contributed by atoms with Crippen molar-refractivity contribution in [2.45, 2.75) is 25.6 Å². The molecule has 2 aromatic heterocycles. The third kappa shape index (κ3) is 3.46. The minimum Gasteiger partial charge on any atom is -0.438 e. The lowest BCUT2D eigenvalue weighted by Gasteiger charge is -2.32. The monoisotopic (exact) mass is 287 g/mol. The van der Waals surface area contributed by atoms with E-state index in [9.17, 15) is 4.79 Å². The maximum atomic E-state index is 12.2. The minimum absolute atomic E-state index is 0.0348. The van der Waals surface area contributed by atoms with Gasteiger partial charge in [-0.05, 0) is 25.0 Å². The average Bonchev–Trinajstić information content (AvgIpc) is 3.08. The lowest BCUT2D eigenvalue weighted by Crippen LogP contribution is -2.43. The SMILES string of the molecule is O=C(c1cnco1)N1CCC[C@H](OCc2ccccn2)C1. The summed E-state index contributed by atoms with van der Waals surface area (Å²) in [4.78, 5) is 22.0. The van der Waals surface area contributed by atoms with Crippen LogP contribution in [0.5, 0.6) is 0 Å². The van der Waals surface area contributed by atoms with Crippen LogP contribution in [0.25, 0.3) is 0 Å². The van der Waals surface area contributed by atoms with Crippen LogP contribution in [-0.2, 0) is 11.3 Å². The summed E-state index contributed by atoms with van der Waals surface area (Å²) < 4.78 is 10.9. The molecule has 0 N–H and O–H groups in total. The summed E-state index contributed by atoms with van der Waals surface area (Å²) in [5, 5.41) is 0. The molecule has 0 radical (unpaired) electrons. The van der Waals surface area contributed by atoms with E-state index >= 15 is 0 Å². The highest BCUT2D eigenvalue weighted by Crippen LogP contribution is 2.17. The standard InChI is InChI=1S/C15H17N3O3/c19-15(14-8-16-11-21-14)18-7-3-5-13(9-18)20-10-12-4-1-2-6-17-12/h1-2,4,6,8,11,13H,3,5,7,9-10H2/t13-/m0/s1. The molecule has 0 bridgehead atoms. The number of ether oxygens (including phenoxy) is 1. The molecule has 1 amide bonds. The van der Waals surface area contributed by atoms with Crippen molar-refractivity contribution in [1.29, 1.82) is 0 Å². The Balaban J connectivity index is 1.55. The van der Waals surface area contributed by atoms with Gasteiger partial charge in [-0.3, -0.25) is 9.78 Å². The number of likely N-dealkylation sites (tertiary alicyclic amines) is 1. The van der Waals surface area contributed by atoms with E-state index in [2.05, 4.69) is 9.97 Å². The second-order valence-corrected chi connectivity index (χ2v) is 5.01. The molecule has 0 spiro atoms. The molecule has 1 aliphatic heterocycles. The van der Waals surface area contributed by atoms with Crippen LogP contribution in [0.15, 0.2) is 41.4 Å². The summed E-state index contributed by atoms with van der Waals surface area (Å²) in [7, 11) is 0. The average molecular weight is 287 g/mol. The van der Waals surface area contributed by atoms with Gasteiger partial charge in [0.25, 0.3) is 5.91 Å². The summed E-state index contributed by atoms with van der Waals surface area (Å²) in [5.41, 5.74) is 0.899. The predicted molar refractivity (Wildman–Crippen MR) is 74.5 cm³/mol. The van der Waals surface area contributed by atoms with Crippen LogP contribution in [0.4, 0.5) is 0 Å². The number of pyridine rings is 1. The van der Waals surface area contributed by atoms with E-state index in [1.165, 1.54) is 12.6 Å². The Morgan fingerprint density at radius 3 is 3.19 bits per heavy atom. The van der Waals surface area contributed by atoms with Gasteiger partial charge in [-0.25, -0.2) is 4.98 Å². The molecule has 2 aromatic rings. The van der Waals surface area contributed by atoms with E-state index in [4.69, 9.17) is 9.15 Å². The van der Waals surface area contributed by atoms with Crippen LogP contribution < -0.4 is 0 Å². The van der Waals surface area contributed by atoms with Crippen LogP contribution in [0, 0.1) is 0 Å². The normalized spacial score (nSPS) is 18.7. The van der Waals surface area contributed by atoms with E-state index in [1.54, 1.807) is 11.1 Å². The molecule has 21 heavy (non-hydrogen) atoms. The van der Waals surface area contributed by atoms with Gasteiger partial charge in [0.05, 0.1) is 24.6 Å². The van der Waals surface area contributed by atoms with Crippen molar-refractivity contribution in [3.63, 3.8) is 0 Å². The Morgan fingerprint density at radius 1 is 1.48 bits per heavy atom. The molecule has 1 saturated heterocycles. The summed E-state index contributed by atoms with van der Waals surface area (Å²) in [5.74, 6) is 0.152. The zero-order valence-corrected chi connectivity index (χ0v) is 11.6. The molecule has 6 nitrogen and oxygen atoms in total. The molecule has 0 aliphatic carbocycles. The highest BCUT2D eigenvalue weighted by atomic mass is 16.5. The smallest absolute Gasteiger partial charge is 0.291 e.